The van der Waals surface area contributed by atoms with Gasteiger partial charge in [-0.15, -0.1) is 0 Å². The molecule has 0 atom stereocenters. The number of anilines is 1. The number of nitrogens with one attached hydrogen (secondary N) is 2. The van der Waals surface area contributed by atoms with Gasteiger partial charge < -0.3 is 10.1 Å². The van der Waals surface area contributed by atoms with Crippen LogP contribution in [0, 0.1) is 5.82 Å². The Morgan fingerprint density at radius 1 is 1.29 bits per heavy atom. The Hall–Kier alpha value is -2.41. The molecule has 1 fully saturated rings. The third-order valence-corrected chi connectivity index (χ3v) is 4.08. The van der Waals surface area contributed by atoms with E-state index in [-0.39, 0.29) is 11.8 Å². The molecule has 0 aliphatic heterocycles. The summed E-state index contributed by atoms with van der Waals surface area (Å²) in [6.45, 7) is 0. The molecular weight excluding hydrogens is 377 g/mol. The molecule has 1 aliphatic rings. The highest BCUT2D eigenvalue weighted by atomic mass is 79.9. The van der Waals surface area contributed by atoms with Crippen LogP contribution in [0.4, 0.5) is 15.1 Å². The number of halogens is 2. The fourth-order valence-corrected chi connectivity index (χ4v) is 2.71. The summed E-state index contributed by atoms with van der Waals surface area (Å²) in [6, 6.07) is 12.5. The summed E-state index contributed by atoms with van der Waals surface area (Å²) in [4.78, 5) is 17.1. The first-order valence-corrected chi connectivity index (χ1v) is 8.22. The van der Waals surface area contributed by atoms with Gasteiger partial charge in [-0.3, -0.25) is 5.32 Å². The number of H-pyrrole nitrogens is 1. The Balaban J connectivity index is 0.000000143. The van der Waals surface area contributed by atoms with Crippen LogP contribution in [-0.2, 0) is 0 Å². The first-order valence-electron chi connectivity index (χ1n) is 7.42. The highest BCUT2D eigenvalue weighted by Gasteiger charge is 2.26. The molecule has 1 amide bonds. The van der Waals surface area contributed by atoms with E-state index in [9.17, 15) is 9.18 Å². The first kappa shape index (κ1) is 16.4. The number of aromatic nitrogens is 2. The van der Waals surface area contributed by atoms with E-state index in [1.165, 1.54) is 6.07 Å². The maximum absolute atomic E-state index is 13.0. The van der Waals surface area contributed by atoms with E-state index in [0.29, 0.717) is 5.92 Å². The van der Waals surface area contributed by atoms with Gasteiger partial charge in [-0.05, 0) is 54.7 Å². The lowest BCUT2D eigenvalue weighted by Crippen LogP contribution is -2.08. The molecule has 7 heteroatoms. The SMILES string of the molecule is Fc1ccc(Br)cc1C1CC1.O=C(O)Nc1nc2ccccc2[nH]1. The minimum absolute atomic E-state index is 0.0595. The van der Waals surface area contributed by atoms with Crippen molar-refractivity contribution in [2.75, 3.05) is 5.32 Å². The van der Waals surface area contributed by atoms with Crippen molar-refractivity contribution in [1.29, 1.82) is 0 Å². The minimum atomic E-state index is -1.13. The molecule has 3 aromatic rings. The van der Waals surface area contributed by atoms with Gasteiger partial charge in [-0.25, -0.2) is 14.2 Å². The third kappa shape index (κ3) is 4.11. The number of fused-ring (bicyclic) bond motifs is 1. The van der Waals surface area contributed by atoms with Crippen molar-refractivity contribution in [2.45, 2.75) is 18.8 Å². The van der Waals surface area contributed by atoms with Crippen molar-refractivity contribution in [3.63, 3.8) is 0 Å². The van der Waals surface area contributed by atoms with E-state index in [2.05, 4.69) is 31.2 Å². The van der Waals surface area contributed by atoms with Gasteiger partial charge >= 0.3 is 6.09 Å². The number of aromatic amines is 1. The van der Waals surface area contributed by atoms with E-state index in [1.54, 1.807) is 12.1 Å². The fraction of sp³-hybridized carbons (Fsp3) is 0.176. The second kappa shape index (κ2) is 7.00. The van der Waals surface area contributed by atoms with Crippen LogP contribution in [0.15, 0.2) is 46.9 Å². The van der Waals surface area contributed by atoms with Crippen LogP contribution in [0.25, 0.3) is 11.0 Å². The smallest absolute Gasteiger partial charge is 0.411 e. The van der Waals surface area contributed by atoms with Crippen LogP contribution in [-0.4, -0.2) is 21.2 Å². The van der Waals surface area contributed by atoms with Gasteiger partial charge in [0.1, 0.15) is 5.82 Å². The number of para-hydroxylation sites is 2. The lowest BCUT2D eigenvalue weighted by atomic mass is 10.1. The Bertz CT molecular complexity index is 844. The van der Waals surface area contributed by atoms with Crippen molar-refractivity contribution in [3.05, 3.63) is 58.3 Å². The summed E-state index contributed by atoms with van der Waals surface area (Å²) in [7, 11) is 0. The van der Waals surface area contributed by atoms with Crippen LogP contribution in [0.5, 0.6) is 0 Å². The van der Waals surface area contributed by atoms with E-state index >= 15 is 0 Å². The Kier molecular flexibility index (Phi) is 4.80. The van der Waals surface area contributed by atoms with E-state index in [0.717, 1.165) is 33.9 Å². The standard InChI is InChI=1S/C9H8BrF.C8H7N3O2/c10-7-3-4-9(11)8(5-7)6-1-2-6;12-8(13)11-7-9-5-3-1-2-4-6(5)10-7/h3-6H,1-2H2;1-4H,(H,12,13)(H2,9,10,11). The summed E-state index contributed by atoms with van der Waals surface area (Å²) >= 11 is 3.33. The lowest BCUT2D eigenvalue weighted by molar-refractivity contribution is 0.209. The molecule has 1 aliphatic carbocycles. The third-order valence-electron chi connectivity index (χ3n) is 3.59. The van der Waals surface area contributed by atoms with Crippen LogP contribution in [0.3, 0.4) is 0 Å². The second-order valence-corrected chi connectivity index (χ2v) is 6.39. The van der Waals surface area contributed by atoms with Crippen molar-refractivity contribution in [3.8, 4) is 0 Å². The molecule has 0 spiro atoms. The second-order valence-electron chi connectivity index (χ2n) is 5.47. The van der Waals surface area contributed by atoms with Crippen LogP contribution >= 0.6 is 15.9 Å². The van der Waals surface area contributed by atoms with Crippen LogP contribution < -0.4 is 5.32 Å². The van der Waals surface area contributed by atoms with Crippen molar-refractivity contribution < 1.29 is 14.3 Å². The number of rotatable bonds is 2. The monoisotopic (exact) mass is 391 g/mol. The predicted octanol–water partition coefficient (Wildman–Crippen LogP) is 5.12. The number of hydrogen-bond donors (Lipinski definition) is 3. The quantitative estimate of drug-likeness (QED) is 0.567. The maximum Gasteiger partial charge on any atom is 0.411 e. The topological polar surface area (TPSA) is 78.0 Å². The van der Waals surface area contributed by atoms with Gasteiger partial charge in [0.05, 0.1) is 11.0 Å². The maximum atomic E-state index is 13.0. The fourth-order valence-electron chi connectivity index (χ4n) is 2.34. The first-order chi connectivity index (χ1) is 11.5. The zero-order chi connectivity index (χ0) is 17.1. The molecular formula is C17H15BrFN3O2. The van der Waals surface area contributed by atoms with E-state index in [1.807, 2.05) is 24.3 Å². The van der Waals surface area contributed by atoms with Gasteiger partial charge in [0.15, 0.2) is 0 Å². The average Bonchev–Trinajstić information content (AvgIpc) is 3.30. The van der Waals surface area contributed by atoms with Crippen LogP contribution in [0.1, 0.15) is 24.3 Å². The molecule has 124 valence electrons. The van der Waals surface area contributed by atoms with E-state index in [4.69, 9.17) is 5.11 Å². The molecule has 1 aromatic heterocycles. The number of hydrogen-bond acceptors (Lipinski definition) is 2. The molecule has 1 saturated carbocycles. The number of nitrogens with zero attached hydrogens (tertiary/aromatic N) is 1. The molecule has 0 radical (unpaired) electrons. The summed E-state index contributed by atoms with van der Waals surface area (Å²) in [6.07, 6.45) is 1.17. The van der Waals surface area contributed by atoms with Crippen molar-refractivity contribution in [2.24, 2.45) is 0 Å². The van der Waals surface area contributed by atoms with E-state index < -0.39 is 6.09 Å². The molecule has 1 heterocycles. The summed E-state index contributed by atoms with van der Waals surface area (Å²) < 4.78 is 14.0. The summed E-state index contributed by atoms with van der Waals surface area (Å²) in [5, 5.41) is 10.6. The number of benzene rings is 2. The number of carbonyl (C=O) groups is 1. The van der Waals surface area contributed by atoms with Gasteiger partial charge in [-0.2, -0.15) is 0 Å². The van der Waals surface area contributed by atoms with Gasteiger partial charge in [0.25, 0.3) is 0 Å². The Labute approximate surface area is 146 Å². The number of amides is 1. The molecule has 5 nitrogen and oxygen atoms in total. The molecule has 0 saturated heterocycles. The number of carboxylic acid groups (broad SMARTS) is 1. The van der Waals surface area contributed by atoms with Gasteiger partial charge in [0.2, 0.25) is 5.95 Å². The molecule has 0 bridgehead atoms. The predicted molar refractivity (Wildman–Crippen MR) is 93.8 cm³/mol. The van der Waals surface area contributed by atoms with Crippen molar-refractivity contribution >= 4 is 39.0 Å². The highest BCUT2D eigenvalue weighted by Crippen LogP contribution is 2.41. The Morgan fingerprint density at radius 2 is 2.04 bits per heavy atom. The zero-order valence-corrected chi connectivity index (χ0v) is 14.2. The van der Waals surface area contributed by atoms with Crippen molar-refractivity contribution in [1.82, 2.24) is 9.97 Å². The summed E-state index contributed by atoms with van der Waals surface area (Å²) in [5.41, 5.74) is 2.43. The number of imidazole rings is 1. The van der Waals surface area contributed by atoms with Crippen LogP contribution in [0.2, 0.25) is 0 Å². The largest absolute Gasteiger partial charge is 0.465 e. The Morgan fingerprint density at radius 3 is 2.71 bits per heavy atom. The molecule has 3 N–H and O–H groups in total. The minimum Gasteiger partial charge on any atom is -0.465 e. The molecule has 0 unspecified atom stereocenters. The lowest BCUT2D eigenvalue weighted by Gasteiger charge is -1.99. The molecule has 4 rings (SSSR count). The average molecular weight is 392 g/mol. The highest BCUT2D eigenvalue weighted by molar-refractivity contribution is 9.10. The zero-order valence-electron chi connectivity index (χ0n) is 12.6. The summed E-state index contributed by atoms with van der Waals surface area (Å²) in [5.74, 6) is 0.678. The molecule has 24 heavy (non-hydrogen) atoms. The molecule has 2 aromatic carbocycles. The normalized spacial score (nSPS) is 13.2. The van der Waals surface area contributed by atoms with Gasteiger partial charge in [-0.1, -0.05) is 28.1 Å². The van der Waals surface area contributed by atoms with Gasteiger partial charge in [0, 0.05) is 4.47 Å².